The van der Waals surface area contributed by atoms with Gasteiger partial charge in [0.25, 0.3) is 16.8 Å². The Kier molecular flexibility index (Phi) is 8.76. The summed E-state index contributed by atoms with van der Waals surface area (Å²) in [7, 11) is 1.41. The molecule has 4 rings (SSSR count). The van der Waals surface area contributed by atoms with E-state index in [-0.39, 0.29) is 33.7 Å². The summed E-state index contributed by atoms with van der Waals surface area (Å²) in [5.41, 5.74) is 3.62. The van der Waals surface area contributed by atoms with Gasteiger partial charge in [0.05, 0.1) is 22.0 Å². The fourth-order valence-corrected chi connectivity index (χ4v) is 4.94. The van der Waals surface area contributed by atoms with Crippen molar-refractivity contribution in [2.75, 3.05) is 19.0 Å². The number of carbonyl (C=O) groups excluding carboxylic acids is 3. The van der Waals surface area contributed by atoms with E-state index in [1.165, 1.54) is 31.4 Å². The largest absolute Gasteiger partial charge is 0.493 e. The van der Waals surface area contributed by atoms with Gasteiger partial charge in [-0.05, 0) is 78.2 Å². The molecule has 1 aliphatic rings. The molecule has 1 fully saturated rings. The van der Waals surface area contributed by atoms with Gasteiger partial charge in [0.15, 0.2) is 11.5 Å². The lowest BCUT2D eigenvalue weighted by Crippen LogP contribution is -2.36. The normalized spacial score (nSPS) is 14.0. The molecule has 206 valence electrons. The zero-order chi connectivity index (χ0) is 29.0. The van der Waals surface area contributed by atoms with E-state index >= 15 is 0 Å². The van der Waals surface area contributed by atoms with Gasteiger partial charge in [-0.1, -0.05) is 29.8 Å². The summed E-state index contributed by atoms with van der Waals surface area (Å²) in [6.45, 7) is 3.45. The predicted molar refractivity (Wildman–Crippen MR) is 153 cm³/mol. The van der Waals surface area contributed by atoms with Crippen molar-refractivity contribution in [1.82, 2.24) is 4.90 Å². The molecule has 0 aliphatic carbocycles. The highest BCUT2D eigenvalue weighted by atomic mass is 35.5. The molecule has 10 nitrogen and oxygen atoms in total. The smallest absolute Gasteiger partial charge is 0.294 e. The summed E-state index contributed by atoms with van der Waals surface area (Å²) in [5, 5.41) is 13.3. The van der Waals surface area contributed by atoms with E-state index in [4.69, 9.17) is 21.1 Å². The molecule has 0 atom stereocenters. The molecule has 1 N–H and O–H groups in total. The van der Waals surface area contributed by atoms with Gasteiger partial charge >= 0.3 is 0 Å². The number of rotatable bonds is 9. The first-order valence-electron chi connectivity index (χ1n) is 11.9. The maximum atomic E-state index is 12.9. The minimum atomic E-state index is -0.605. The third-order valence-corrected chi connectivity index (χ3v) is 7.21. The number of nitrogens with one attached hydrogen (secondary N) is 1. The molecule has 0 bridgehead atoms. The number of halogens is 1. The molecule has 1 saturated heterocycles. The van der Waals surface area contributed by atoms with Crippen LogP contribution in [-0.4, -0.2) is 40.5 Å². The van der Waals surface area contributed by atoms with Crippen LogP contribution in [0.3, 0.4) is 0 Å². The molecule has 40 heavy (non-hydrogen) atoms. The highest BCUT2D eigenvalue weighted by Crippen LogP contribution is 2.39. The minimum Gasteiger partial charge on any atom is -0.493 e. The summed E-state index contributed by atoms with van der Waals surface area (Å²) in [4.78, 5) is 49.5. The van der Waals surface area contributed by atoms with E-state index in [9.17, 15) is 24.5 Å². The summed E-state index contributed by atoms with van der Waals surface area (Å²) in [6, 6.07) is 14.6. The Morgan fingerprint density at radius 2 is 1.90 bits per heavy atom. The maximum absolute atomic E-state index is 12.9. The van der Waals surface area contributed by atoms with Crippen molar-refractivity contribution in [2.24, 2.45) is 0 Å². The number of methoxy groups -OCH3 is 1. The molecule has 3 amide bonds. The minimum absolute atomic E-state index is 0.000215. The summed E-state index contributed by atoms with van der Waals surface area (Å²) in [6.07, 6.45) is 1.48. The highest BCUT2D eigenvalue weighted by Gasteiger charge is 2.36. The molecule has 0 spiro atoms. The van der Waals surface area contributed by atoms with E-state index in [1.54, 1.807) is 24.3 Å². The number of imide groups is 1. The first-order valence-corrected chi connectivity index (χ1v) is 13.1. The average Bonchev–Trinajstić information content (AvgIpc) is 3.17. The lowest BCUT2D eigenvalue weighted by atomic mass is 10.1. The number of non-ortho nitro benzene ring substituents is 1. The van der Waals surface area contributed by atoms with Crippen molar-refractivity contribution in [2.45, 2.75) is 20.5 Å². The lowest BCUT2D eigenvalue weighted by Gasteiger charge is -2.14. The van der Waals surface area contributed by atoms with Crippen LogP contribution in [0.25, 0.3) is 6.08 Å². The molecule has 0 aromatic heterocycles. The van der Waals surface area contributed by atoms with Gasteiger partial charge in [-0.3, -0.25) is 29.4 Å². The molecule has 3 aromatic carbocycles. The number of nitrogens with zero attached hydrogens (tertiary/aromatic N) is 2. The standard InChI is InChI=1S/C28H24ClN3O7S/c1-16-7-8-20(9-17(16)2)30-25(33)14-31-27(34)24(40-28(31)35)13-19-11-22(29)26(23(12-19)38-3)39-15-18-5-4-6-21(10-18)32(36)37/h4-13H,14-15H2,1-3H3,(H,30,33)/b24-13+. The van der Waals surface area contributed by atoms with E-state index in [0.29, 0.717) is 28.6 Å². The van der Waals surface area contributed by atoms with Crippen LogP contribution < -0.4 is 14.8 Å². The summed E-state index contributed by atoms with van der Waals surface area (Å²) < 4.78 is 11.2. The van der Waals surface area contributed by atoms with Gasteiger partial charge in [0.2, 0.25) is 5.91 Å². The number of hydrogen-bond acceptors (Lipinski definition) is 8. The molecule has 0 radical (unpaired) electrons. The van der Waals surface area contributed by atoms with Crippen LogP contribution >= 0.6 is 23.4 Å². The predicted octanol–water partition coefficient (Wildman–Crippen LogP) is 6.13. The van der Waals surface area contributed by atoms with Gasteiger partial charge in [-0.2, -0.15) is 0 Å². The molecular weight excluding hydrogens is 558 g/mol. The van der Waals surface area contributed by atoms with Crippen molar-refractivity contribution in [3.63, 3.8) is 0 Å². The Hall–Kier alpha value is -4.35. The van der Waals surface area contributed by atoms with Crippen molar-refractivity contribution in [1.29, 1.82) is 0 Å². The number of hydrogen-bond donors (Lipinski definition) is 1. The van der Waals surface area contributed by atoms with Gasteiger partial charge in [-0.25, -0.2) is 0 Å². The Morgan fingerprint density at radius 1 is 1.12 bits per heavy atom. The van der Waals surface area contributed by atoms with Crippen LogP contribution in [0.2, 0.25) is 5.02 Å². The van der Waals surface area contributed by atoms with Crippen LogP contribution in [0.1, 0.15) is 22.3 Å². The monoisotopic (exact) mass is 581 g/mol. The number of benzene rings is 3. The number of anilines is 1. The van der Waals surface area contributed by atoms with Gasteiger partial charge in [0, 0.05) is 17.8 Å². The topological polar surface area (TPSA) is 128 Å². The second-order valence-electron chi connectivity index (χ2n) is 8.86. The summed E-state index contributed by atoms with van der Waals surface area (Å²) >= 11 is 7.15. The third kappa shape index (κ3) is 6.61. The fourth-order valence-electron chi connectivity index (χ4n) is 3.83. The molecule has 12 heteroatoms. The second kappa shape index (κ2) is 12.2. The van der Waals surface area contributed by atoms with Crippen molar-refractivity contribution >= 4 is 57.9 Å². The second-order valence-corrected chi connectivity index (χ2v) is 10.3. The Labute approximate surface area is 239 Å². The van der Waals surface area contributed by atoms with Crippen molar-refractivity contribution < 1.29 is 28.8 Å². The van der Waals surface area contributed by atoms with E-state index in [2.05, 4.69) is 5.32 Å². The van der Waals surface area contributed by atoms with Crippen LogP contribution in [0.15, 0.2) is 59.5 Å². The van der Waals surface area contributed by atoms with Gasteiger partial charge in [0.1, 0.15) is 13.2 Å². The summed E-state index contributed by atoms with van der Waals surface area (Å²) in [5.74, 6) is -0.631. The third-order valence-electron chi connectivity index (χ3n) is 6.02. The molecule has 1 aliphatic heterocycles. The maximum Gasteiger partial charge on any atom is 0.294 e. The number of thioether (sulfide) groups is 1. The molecule has 1 heterocycles. The van der Waals surface area contributed by atoms with Crippen molar-refractivity contribution in [3.8, 4) is 11.5 Å². The quantitative estimate of drug-likeness (QED) is 0.182. The van der Waals surface area contributed by atoms with Gasteiger partial charge < -0.3 is 14.8 Å². The first kappa shape index (κ1) is 28.7. The first-order chi connectivity index (χ1) is 19.0. The fraction of sp³-hybridized carbons (Fsp3) is 0.179. The lowest BCUT2D eigenvalue weighted by molar-refractivity contribution is -0.384. The Balaban J connectivity index is 1.46. The van der Waals surface area contributed by atoms with Crippen LogP contribution in [0.4, 0.5) is 16.2 Å². The van der Waals surface area contributed by atoms with E-state index < -0.39 is 28.5 Å². The zero-order valence-electron chi connectivity index (χ0n) is 21.7. The number of nitro groups is 1. The van der Waals surface area contributed by atoms with E-state index in [0.717, 1.165) is 16.0 Å². The van der Waals surface area contributed by atoms with Gasteiger partial charge in [-0.15, -0.1) is 0 Å². The molecule has 0 saturated carbocycles. The number of nitro benzene ring substituents is 1. The SMILES string of the molecule is COc1cc(/C=C2/SC(=O)N(CC(=O)Nc3ccc(C)c(C)c3)C2=O)cc(Cl)c1OCc1cccc([N+](=O)[O-])c1. The Bertz CT molecular complexity index is 1560. The van der Waals surface area contributed by atoms with Crippen molar-refractivity contribution in [3.05, 3.63) is 96.9 Å². The Morgan fingerprint density at radius 3 is 2.60 bits per heavy atom. The number of amides is 3. The molecule has 0 unspecified atom stereocenters. The van der Waals surface area contributed by atoms with Crippen LogP contribution in [0.5, 0.6) is 11.5 Å². The van der Waals surface area contributed by atoms with Crippen LogP contribution in [-0.2, 0) is 16.2 Å². The molecular formula is C28H24ClN3O7S. The number of aryl methyl sites for hydroxylation is 2. The van der Waals surface area contributed by atoms with E-state index in [1.807, 2.05) is 26.0 Å². The average molecular weight is 582 g/mol. The zero-order valence-corrected chi connectivity index (χ0v) is 23.3. The van der Waals surface area contributed by atoms with Crippen LogP contribution in [0, 0.1) is 24.0 Å². The number of ether oxygens (including phenoxy) is 2. The molecule has 3 aromatic rings. The number of carbonyl (C=O) groups is 3. The highest BCUT2D eigenvalue weighted by molar-refractivity contribution is 8.18.